The Morgan fingerprint density at radius 1 is 1.17 bits per heavy atom. The predicted octanol–water partition coefficient (Wildman–Crippen LogP) is 2.02. The second kappa shape index (κ2) is 9.57. The molecule has 0 unspecified atom stereocenters. The van der Waals surface area contributed by atoms with Gasteiger partial charge in [0.25, 0.3) is 5.56 Å². The number of carbonyl (C=O) groups excluding carboxylic acids is 2. The summed E-state index contributed by atoms with van der Waals surface area (Å²) in [5.41, 5.74) is 6.25. The summed E-state index contributed by atoms with van der Waals surface area (Å²) in [5.74, 6) is -2.14. The van der Waals surface area contributed by atoms with E-state index in [1.165, 1.54) is 20.4 Å². The Labute approximate surface area is 200 Å². The van der Waals surface area contributed by atoms with Crippen molar-refractivity contribution in [2.45, 2.75) is 26.8 Å². The van der Waals surface area contributed by atoms with Gasteiger partial charge in [0.1, 0.15) is 11.6 Å². The third-order valence-corrected chi connectivity index (χ3v) is 6.19. The highest BCUT2D eigenvalue weighted by atomic mass is 19.1. The second-order valence-corrected chi connectivity index (χ2v) is 8.49. The van der Waals surface area contributed by atoms with Crippen molar-refractivity contribution in [3.63, 3.8) is 0 Å². The maximum Gasteiger partial charge on any atom is 0.330 e. The molecule has 10 heteroatoms. The van der Waals surface area contributed by atoms with Crippen molar-refractivity contribution in [2.75, 3.05) is 28.6 Å². The number of halogens is 1. The van der Waals surface area contributed by atoms with Crippen LogP contribution in [-0.4, -0.2) is 34.5 Å². The molecule has 1 atom stereocenters. The zero-order valence-electron chi connectivity index (χ0n) is 19.5. The molecule has 3 aromatic rings. The molecule has 1 aliphatic heterocycles. The normalized spacial score (nSPS) is 15.5. The number of aromatic amines is 1. The van der Waals surface area contributed by atoms with Crippen LogP contribution in [0.2, 0.25) is 0 Å². The second-order valence-electron chi connectivity index (χ2n) is 8.49. The standard InChI is InChI=1S/C25H26FN5O4/c1-3-29(21-22(27)31(25(35)28-23(21)33)13-16-7-5-4-6-8-16)24(34)17-11-20(32)30(14-17)18-10-9-15(2)19(26)12-18/h4-10,12,17H,3,11,13-14,27H2,1-2H3,(H,28,33,35)/t17-/m1/s1. The highest BCUT2D eigenvalue weighted by molar-refractivity contribution is 6.05. The van der Waals surface area contributed by atoms with Crippen LogP contribution in [0.5, 0.6) is 0 Å². The number of nitrogens with one attached hydrogen (secondary N) is 1. The van der Waals surface area contributed by atoms with Gasteiger partial charge in [-0.05, 0) is 37.1 Å². The molecule has 4 rings (SSSR count). The van der Waals surface area contributed by atoms with Crippen LogP contribution in [0.3, 0.4) is 0 Å². The quantitative estimate of drug-likeness (QED) is 0.560. The smallest absolute Gasteiger partial charge is 0.330 e. The van der Waals surface area contributed by atoms with Gasteiger partial charge in [0, 0.05) is 25.2 Å². The van der Waals surface area contributed by atoms with E-state index in [4.69, 9.17) is 5.73 Å². The highest BCUT2D eigenvalue weighted by Crippen LogP contribution is 2.29. The molecule has 0 bridgehead atoms. The van der Waals surface area contributed by atoms with Crippen molar-refractivity contribution >= 4 is 29.0 Å². The zero-order valence-corrected chi connectivity index (χ0v) is 19.5. The van der Waals surface area contributed by atoms with Gasteiger partial charge in [0.05, 0.1) is 12.5 Å². The number of carbonyl (C=O) groups is 2. The van der Waals surface area contributed by atoms with Crippen LogP contribution in [0.4, 0.5) is 21.6 Å². The molecule has 2 amide bonds. The van der Waals surface area contributed by atoms with Crippen LogP contribution in [-0.2, 0) is 16.1 Å². The Hall–Kier alpha value is -4.21. The van der Waals surface area contributed by atoms with Gasteiger partial charge in [-0.1, -0.05) is 36.4 Å². The Balaban J connectivity index is 1.64. The number of H-pyrrole nitrogens is 1. The lowest BCUT2D eigenvalue weighted by atomic mass is 10.1. The number of hydrogen-bond acceptors (Lipinski definition) is 5. The monoisotopic (exact) mass is 479 g/mol. The maximum absolute atomic E-state index is 14.0. The van der Waals surface area contributed by atoms with Gasteiger partial charge >= 0.3 is 5.69 Å². The molecule has 182 valence electrons. The van der Waals surface area contributed by atoms with Crippen molar-refractivity contribution in [2.24, 2.45) is 5.92 Å². The molecule has 1 aliphatic rings. The van der Waals surface area contributed by atoms with E-state index in [0.717, 1.165) is 5.56 Å². The summed E-state index contributed by atoms with van der Waals surface area (Å²) in [4.78, 5) is 56.2. The van der Waals surface area contributed by atoms with E-state index < -0.39 is 28.9 Å². The minimum Gasteiger partial charge on any atom is -0.383 e. The van der Waals surface area contributed by atoms with Crippen LogP contribution >= 0.6 is 0 Å². The van der Waals surface area contributed by atoms with E-state index in [0.29, 0.717) is 11.3 Å². The average molecular weight is 480 g/mol. The van der Waals surface area contributed by atoms with Crippen molar-refractivity contribution in [3.05, 3.63) is 86.3 Å². The first kappa shape index (κ1) is 23.9. The summed E-state index contributed by atoms with van der Waals surface area (Å²) in [7, 11) is 0. The van der Waals surface area contributed by atoms with Gasteiger partial charge in [0.2, 0.25) is 11.8 Å². The lowest BCUT2D eigenvalue weighted by Gasteiger charge is -2.25. The van der Waals surface area contributed by atoms with E-state index in [-0.39, 0.29) is 43.5 Å². The Morgan fingerprint density at radius 2 is 1.89 bits per heavy atom. The average Bonchev–Trinajstić information content (AvgIpc) is 3.23. The molecule has 2 aromatic carbocycles. The molecule has 3 N–H and O–H groups in total. The summed E-state index contributed by atoms with van der Waals surface area (Å²) < 4.78 is 15.2. The first-order chi connectivity index (χ1) is 16.7. The highest BCUT2D eigenvalue weighted by Gasteiger charge is 2.38. The van der Waals surface area contributed by atoms with Gasteiger partial charge in [-0.15, -0.1) is 0 Å². The van der Waals surface area contributed by atoms with E-state index in [2.05, 4.69) is 4.98 Å². The Bertz CT molecular complexity index is 1400. The van der Waals surface area contributed by atoms with Gasteiger partial charge in [-0.3, -0.25) is 23.9 Å². The molecule has 9 nitrogen and oxygen atoms in total. The van der Waals surface area contributed by atoms with Crippen LogP contribution in [0, 0.1) is 18.7 Å². The number of anilines is 3. The summed E-state index contributed by atoms with van der Waals surface area (Å²) in [6.45, 7) is 3.54. The molecule has 1 aromatic heterocycles. The zero-order chi connectivity index (χ0) is 25.3. The Kier molecular flexibility index (Phi) is 6.54. The molecule has 0 radical (unpaired) electrons. The van der Waals surface area contributed by atoms with E-state index in [9.17, 15) is 23.6 Å². The lowest BCUT2D eigenvalue weighted by molar-refractivity contribution is -0.124. The summed E-state index contributed by atoms with van der Waals surface area (Å²) in [6, 6.07) is 13.5. The van der Waals surface area contributed by atoms with Crippen molar-refractivity contribution in [1.82, 2.24) is 9.55 Å². The molecule has 1 saturated heterocycles. The van der Waals surface area contributed by atoms with Crippen LogP contribution in [0.25, 0.3) is 0 Å². The van der Waals surface area contributed by atoms with Gasteiger partial charge in [0.15, 0.2) is 5.69 Å². The fraction of sp³-hybridized carbons (Fsp3) is 0.280. The Morgan fingerprint density at radius 3 is 2.54 bits per heavy atom. The largest absolute Gasteiger partial charge is 0.383 e. The minimum atomic E-state index is -0.784. The molecule has 1 fully saturated rings. The number of nitrogens with zero attached hydrogens (tertiary/aromatic N) is 3. The molecular formula is C25H26FN5O4. The number of aromatic nitrogens is 2. The van der Waals surface area contributed by atoms with Crippen molar-refractivity contribution in [3.8, 4) is 0 Å². The summed E-state index contributed by atoms with van der Waals surface area (Å²) in [6.07, 6.45) is -0.0910. The van der Waals surface area contributed by atoms with E-state index in [1.54, 1.807) is 26.0 Å². The number of nitrogens with two attached hydrogens (primary N) is 1. The molecule has 0 aliphatic carbocycles. The number of rotatable bonds is 6. The molecule has 0 saturated carbocycles. The predicted molar refractivity (Wildman–Crippen MR) is 131 cm³/mol. The third-order valence-electron chi connectivity index (χ3n) is 6.19. The SMILES string of the molecule is CCN(C(=O)[C@@H]1CC(=O)N(c2ccc(C)c(F)c2)C1)c1c(N)n(Cc2ccccc2)c(=O)[nH]c1=O. The molecule has 0 spiro atoms. The molecular weight excluding hydrogens is 453 g/mol. The number of amides is 2. The van der Waals surface area contributed by atoms with Gasteiger partial charge < -0.3 is 15.5 Å². The fourth-order valence-electron chi connectivity index (χ4n) is 4.28. The van der Waals surface area contributed by atoms with Crippen LogP contribution < -0.4 is 26.8 Å². The molecule has 2 heterocycles. The van der Waals surface area contributed by atoms with Crippen molar-refractivity contribution < 1.29 is 14.0 Å². The third kappa shape index (κ3) is 4.59. The minimum absolute atomic E-state index is 0.0398. The number of benzene rings is 2. The van der Waals surface area contributed by atoms with Crippen molar-refractivity contribution in [1.29, 1.82) is 0 Å². The number of aryl methyl sites for hydroxylation is 1. The first-order valence-corrected chi connectivity index (χ1v) is 11.3. The summed E-state index contributed by atoms with van der Waals surface area (Å²) >= 11 is 0. The molecule has 35 heavy (non-hydrogen) atoms. The first-order valence-electron chi connectivity index (χ1n) is 11.3. The van der Waals surface area contributed by atoms with Crippen LogP contribution in [0.1, 0.15) is 24.5 Å². The van der Waals surface area contributed by atoms with Gasteiger partial charge in [-0.2, -0.15) is 0 Å². The summed E-state index contributed by atoms with van der Waals surface area (Å²) in [5, 5.41) is 0. The number of hydrogen-bond donors (Lipinski definition) is 2. The number of nitrogen functional groups attached to an aromatic ring is 1. The van der Waals surface area contributed by atoms with Gasteiger partial charge in [-0.25, -0.2) is 9.18 Å². The van der Waals surface area contributed by atoms with E-state index >= 15 is 0 Å². The fourth-order valence-corrected chi connectivity index (χ4v) is 4.28. The lowest BCUT2D eigenvalue weighted by Crippen LogP contribution is -2.44. The maximum atomic E-state index is 14.0. The van der Waals surface area contributed by atoms with E-state index in [1.807, 2.05) is 30.3 Å². The topological polar surface area (TPSA) is 121 Å². The van der Waals surface area contributed by atoms with Crippen LogP contribution in [0.15, 0.2) is 58.1 Å².